The first-order valence-electron chi connectivity index (χ1n) is 9.30. The summed E-state index contributed by atoms with van der Waals surface area (Å²) in [5.41, 5.74) is 0.307. The molecule has 22 heavy (non-hydrogen) atoms. The minimum atomic E-state index is 0.137. The highest BCUT2D eigenvalue weighted by Gasteiger charge is 2.29. The van der Waals surface area contributed by atoms with Crippen molar-refractivity contribution in [2.45, 2.75) is 80.1 Å². The molecule has 1 rings (SSSR count). The summed E-state index contributed by atoms with van der Waals surface area (Å²) in [4.78, 5) is 14.2. The highest BCUT2D eigenvalue weighted by atomic mass is 16.5. The van der Waals surface area contributed by atoms with Crippen molar-refractivity contribution in [3.05, 3.63) is 0 Å². The second-order valence-corrected chi connectivity index (χ2v) is 6.91. The van der Waals surface area contributed by atoms with Crippen molar-refractivity contribution in [2.75, 3.05) is 26.3 Å². The van der Waals surface area contributed by atoms with Crippen LogP contribution in [0.25, 0.3) is 0 Å². The number of ether oxygens (including phenoxy) is 1. The van der Waals surface area contributed by atoms with Crippen molar-refractivity contribution in [1.29, 1.82) is 0 Å². The lowest BCUT2D eigenvalue weighted by molar-refractivity contribution is -0.140. The molecule has 1 aliphatic rings. The lowest BCUT2D eigenvalue weighted by Crippen LogP contribution is -2.44. The summed E-state index contributed by atoms with van der Waals surface area (Å²) in [5.74, 6) is 0.444. The molecular formula is C19H39NO2. The van der Waals surface area contributed by atoms with Crippen LogP contribution in [0.1, 0.15) is 80.1 Å². The number of morpholine rings is 1. The van der Waals surface area contributed by atoms with E-state index in [0.717, 1.165) is 32.4 Å². The summed E-state index contributed by atoms with van der Waals surface area (Å²) in [6, 6.07) is 0. The number of hydrogen-bond donors (Lipinski definition) is 0. The van der Waals surface area contributed by atoms with Crippen LogP contribution in [0.5, 0.6) is 0 Å². The summed E-state index contributed by atoms with van der Waals surface area (Å²) in [5, 5.41) is 0. The Bertz CT molecular complexity index is 279. The van der Waals surface area contributed by atoms with Gasteiger partial charge >= 0.3 is 0 Å². The summed E-state index contributed by atoms with van der Waals surface area (Å²) >= 11 is 0. The number of carbonyl (C=O) groups is 1. The Labute approximate surface area is 138 Å². The zero-order valence-electron chi connectivity index (χ0n) is 15.9. The molecule has 1 unspecified atom stereocenters. The SMILES string of the molecule is CCC(C)(CC)CC(C)C(=O)N1CCOCC1.CCCCC. The quantitative estimate of drug-likeness (QED) is 0.669. The predicted molar refractivity (Wildman–Crippen MR) is 95.1 cm³/mol. The fraction of sp³-hybridized carbons (Fsp3) is 0.947. The van der Waals surface area contributed by atoms with E-state index in [9.17, 15) is 4.79 Å². The molecular weight excluding hydrogens is 274 g/mol. The number of amides is 1. The molecule has 3 heteroatoms. The van der Waals surface area contributed by atoms with Crippen LogP contribution >= 0.6 is 0 Å². The largest absolute Gasteiger partial charge is 0.378 e. The molecule has 0 radical (unpaired) electrons. The van der Waals surface area contributed by atoms with Crippen molar-refractivity contribution < 1.29 is 9.53 Å². The van der Waals surface area contributed by atoms with Gasteiger partial charge in [-0.3, -0.25) is 4.79 Å². The van der Waals surface area contributed by atoms with E-state index in [1.165, 1.54) is 19.3 Å². The Morgan fingerprint density at radius 3 is 1.95 bits per heavy atom. The number of unbranched alkanes of at least 4 members (excludes halogenated alkanes) is 2. The van der Waals surface area contributed by atoms with E-state index in [1.807, 2.05) is 4.90 Å². The molecule has 0 saturated carbocycles. The van der Waals surface area contributed by atoms with Crippen LogP contribution in [0.15, 0.2) is 0 Å². The molecule has 0 aliphatic carbocycles. The molecule has 3 nitrogen and oxygen atoms in total. The Hall–Kier alpha value is -0.570. The van der Waals surface area contributed by atoms with Gasteiger partial charge < -0.3 is 9.64 Å². The van der Waals surface area contributed by atoms with Gasteiger partial charge in [-0.25, -0.2) is 0 Å². The number of carbonyl (C=O) groups excluding carboxylic acids is 1. The van der Waals surface area contributed by atoms with E-state index in [1.54, 1.807) is 0 Å². The van der Waals surface area contributed by atoms with Crippen molar-refractivity contribution in [3.8, 4) is 0 Å². The third-order valence-electron chi connectivity index (χ3n) is 4.96. The topological polar surface area (TPSA) is 29.5 Å². The molecule has 0 aromatic carbocycles. The van der Waals surface area contributed by atoms with E-state index in [2.05, 4.69) is 41.5 Å². The molecule has 1 amide bonds. The molecule has 132 valence electrons. The number of hydrogen-bond acceptors (Lipinski definition) is 2. The summed E-state index contributed by atoms with van der Waals surface area (Å²) in [7, 11) is 0. The third kappa shape index (κ3) is 8.17. The second kappa shape index (κ2) is 11.9. The van der Waals surface area contributed by atoms with Gasteiger partial charge in [-0.05, 0) is 11.8 Å². The zero-order chi connectivity index (χ0) is 17.0. The average Bonchev–Trinajstić information content (AvgIpc) is 2.56. The van der Waals surface area contributed by atoms with Crippen molar-refractivity contribution in [2.24, 2.45) is 11.3 Å². The van der Waals surface area contributed by atoms with Gasteiger partial charge in [0.2, 0.25) is 5.91 Å². The van der Waals surface area contributed by atoms with E-state index in [4.69, 9.17) is 4.74 Å². The van der Waals surface area contributed by atoms with Crippen molar-refractivity contribution in [1.82, 2.24) is 4.90 Å². The Morgan fingerprint density at radius 1 is 1.09 bits per heavy atom. The van der Waals surface area contributed by atoms with E-state index < -0.39 is 0 Å². The molecule has 1 atom stereocenters. The van der Waals surface area contributed by atoms with Crippen LogP contribution in [-0.4, -0.2) is 37.1 Å². The molecule has 0 aromatic heterocycles. The summed E-state index contributed by atoms with van der Waals surface area (Å²) < 4.78 is 5.28. The first-order valence-corrected chi connectivity index (χ1v) is 9.30. The van der Waals surface area contributed by atoms with Gasteiger partial charge in [0.25, 0.3) is 0 Å². The van der Waals surface area contributed by atoms with E-state index in [-0.39, 0.29) is 5.92 Å². The Morgan fingerprint density at radius 2 is 1.59 bits per heavy atom. The molecule has 0 spiro atoms. The predicted octanol–water partition coefficient (Wildman–Crippen LogP) is 4.89. The van der Waals surface area contributed by atoms with Gasteiger partial charge in [0, 0.05) is 19.0 Å². The maximum Gasteiger partial charge on any atom is 0.225 e. The molecule has 0 N–H and O–H groups in total. The normalized spacial score (nSPS) is 16.7. The minimum Gasteiger partial charge on any atom is -0.378 e. The minimum absolute atomic E-state index is 0.137. The number of nitrogens with zero attached hydrogens (tertiary/aromatic N) is 1. The van der Waals surface area contributed by atoms with Gasteiger partial charge in [0.15, 0.2) is 0 Å². The Balaban J connectivity index is 0.000000763. The molecule has 1 fully saturated rings. The smallest absolute Gasteiger partial charge is 0.225 e. The highest BCUT2D eigenvalue weighted by Crippen LogP contribution is 2.33. The van der Waals surface area contributed by atoms with Crippen LogP contribution in [0.3, 0.4) is 0 Å². The first-order chi connectivity index (χ1) is 10.4. The standard InChI is InChI=1S/C14H27NO2.C5H12/c1-5-14(4,6-2)11-12(3)13(16)15-7-9-17-10-8-15;1-3-5-4-2/h12H,5-11H2,1-4H3;3-5H2,1-2H3. The maximum atomic E-state index is 12.3. The molecule has 1 saturated heterocycles. The fourth-order valence-corrected chi connectivity index (χ4v) is 2.81. The lowest BCUT2D eigenvalue weighted by atomic mass is 9.77. The van der Waals surface area contributed by atoms with Crippen LogP contribution in [-0.2, 0) is 9.53 Å². The third-order valence-corrected chi connectivity index (χ3v) is 4.96. The summed E-state index contributed by atoms with van der Waals surface area (Å²) in [6.07, 6.45) is 7.36. The Kier molecular flexibility index (Phi) is 11.6. The van der Waals surface area contributed by atoms with Crippen LogP contribution in [0.2, 0.25) is 0 Å². The van der Waals surface area contributed by atoms with Gasteiger partial charge in [0.1, 0.15) is 0 Å². The summed E-state index contributed by atoms with van der Waals surface area (Å²) in [6.45, 7) is 16.1. The molecule has 1 heterocycles. The average molecular weight is 314 g/mol. The molecule has 1 aliphatic heterocycles. The van der Waals surface area contributed by atoms with Gasteiger partial charge in [-0.2, -0.15) is 0 Å². The van der Waals surface area contributed by atoms with E-state index >= 15 is 0 Å². The van der Waals surface area contributed by atoms with Crippen LogP contribution < -0.4 is 0 Å². The van der Waals surface area contributed by atoms with Crippen molar-refractivity contribution >= 4 is 5.91 Å². The maximum absolute atomic E-state index is 12.3. The highest BCUT2D eigenvalue weighted by molar-refractivity contribution is 5.78. The van der Waals surface area contributed by atoms with E-state index in [0.29, 0.717) is 24.5 Å². The lowest BCUT2D eigenvalue weighted by Gasteiger charge is -2.33. The first kappa shape index (κ1) is 21.4. The zero-order valence-corrected chi connectivity index (χ0v) is 15.9. The monoisotopic (exact) mass is 313 g/mol. The molecule has 0 aromatic rings. The van der Waals surface area contributed by atoms with Gasteiger partial charge in [0.05, 0.1) is 13.2 Å². The second-order valence-electron chi connectivity index (χ2n) is 6.91. The molecule has 0 bridgehead atoms. The van der Waals surface area contributed by atoms with Crippen LogP contribution in [0.4, 0.5) is 0 Å². The van der Waals surface area contributed by atoms with Gasteiger partial charge in [-0.15, -0.1) is 0 Å². The van der Waals surface area contributed by atoms with Gasteiger partial charge in [-0.1, -0.05) is 73.6 Å². The van der Waals surface area contributed by atoms with Crippen molar-refractivity contribution in [3.63, 3.8) is 0 Å². The fourth-order valence-electron chi connectivity index (χ4n) is 2.81. The number of rotatable bonds is 7. The van der Waals surface area contributed by atoms with Crippen LogP contribution in [0, 0.1) is 11.3 Å².